The molecule has 0 amide bonds. The average Bonchev–Trinajstić information content (AvgIpc) is 2.16. The number of aryl methyl sites for hydroxylation is 1. The third kappa shape index (κ3) is 2.84. The molecule has 0 aliphatic rings. The Morgan fingerprint density at radius 3 is 2.92 bits per heavy atom. The number of hydrogen-bond donors (Lipinski definition) is 0. The molecule has 0 bridgehead atoms. The van der Waals surface area contributed by atoms with E-state index in [1.165, 1.54) is 0 Å². The van der Waals surface area contributed by atoms with Gasteiger partial charge in [-0.3, -0.25) is 0 Å². The van der Waals surface area contributed by atoms with Gasteiger partial charge in [0.25, 0.3) is 0 Å². The van der Waals surface area contributed by atoms with Crippen LogP contribution in [0.5, 0.6) is 5.75 Å². The predicted octanol–water partition coefficient (Wildman–Crippen LogP) is 2.59. The number of carbonyl (C=O) groups excluding carboxylic acids is 1. The van der Waals surface area contributed by atoms with Crippen molar-refractivity contribution in [2.24, 2.45) is 0 Å². The Bertz CT molecular complexity index is 297. The van der Waals surface area contributed by atoms with E-state index < -0.39 is 0 Å². The van der Waals surface area contributed by atoms with Crippen molar-refractivity contribution in [2.75, 3.05) is 7.11 Å². The molecule has 1 rings (SSSR count). The van der Waals surface area contributed by atoms with Gasteiger partial charge in [0.15, 0.2) is 0 Å². The van der Waals surface area contributed by atoms with Crippen LogP contribution in [-0.4, -0.2) is 13.4 Å². The van der Waals surface area contributed by atoms with Crippen LogP contribution in [0.1, 0.15) is 12.0 Å². The minimum absolute atomic E-state index is 0.560. The van der Waals surface area contributed by atoms with Crippen LogP contribution in [0.2, 0.25) is 0 Å². The fourth-order valence-corrected chi connectivity index (χ4v) is 1.49. The molecule has 0 saturated carbocycles. The van der Waals surface area contributed by atoms with E-state index in [1.54, 1.807) is 7.11 Å². The topological polar surface area (TPSA) is 26.3 Å². The number of benzene rings is 1. The number of carbonyl (C=O) groups is 1. The standard InChI is InChI=1S/C10H11BrO2/c1-13-10-7-8(3-2-6-12)4-5-9(10)11/h4-7H,2-3H2,1H3. The Morgan fingerprint density at radius 1 is 1.54 bits per heavy atom. The smallest absolute Gasteiger partial charge is 0.133 e. The average molecular weight is 243 g/mol. The summed E-state index contributed by atoms with van der Waals surface area (Å²) in [5.41, 5.74) is 1.12. The maximum Gasteiger partial charge on any atom is 0.133 e. The van der Waals surface area contributed by atoms with E-state index in [4.69, 9.17) is 4.74 Å². The summed E-state index contributed by atoms with van der Waals surface area (Å²) in [7, 11) is 1.63. The lowest BCUT2D eigenvalue weighted by atomic mass is 10.1. The van der Waals surface area contributed by atoms with Crippen molar-refractivity contribution >= 4 is 22.2 Å². The minimum Gasteiger partial charge on any atom is -0.496 e. The molecule has 3 heteroatoms. The molecule has 0 fully saturated rings. The first kappa shape index (κ1) is 10.3. The monoisotopic (exact) mass is 242 g/mol. The highest BCUT2D eigenvalue weighted by molar-refractivity contribution is 9.10. The maximum atomic E-state index is 10.2. The second-order valence-corrected chi connectivity index (χ2v) is 3.53. The van der Waals surface area contributed by atoms with E-state index in [0.29, 0.717) is 6.42 Å². The third-order valence-corrected chi connectivity index (χ3v) is 2.42. The summed E-state index contributed by atoms with van der Waals surface area (Å²) in [5.74, 6) is 0.809. The van der Waals surface area contributed by atoms with Crippen LogP contribution in [0.4, 0.5) is 0 Å². The van der Waals surface area contributed by atoms with Gasteiger partial charge in [0.2, 0.25) is 0 Å². The van der Waals surface area contributed by atoms with E-state index in [0.717, 1.165) is 28.5 Å². The molecule has 0 unspecified atom stereocenters. The maximum absolute atomic E-state index is 10.2. The fraction of sp³-hybridized carbons (Fsp3) is 0.300. The zero-order chi connectivity index (χ0) is 9.68. The quantitative estimate of drug-likeness (QED) is 0.759. The van der Waals surface area contributed by atoms with Crippen LogP contribution in [0.15, 0.2) is 22.7 Å². The van der Waals surface area contributed by atoms with Crippen molar-refractivity contribution in [2.45, 2.75) is 12.8 Å². The van der Waals surface area contributed by atoms with Crippen LogP contribution < -0.4 is 4.74 Å². The molecular formula is C10H11BrO2. The molecule has 0 N–H and O–H groups in total. The Morgan fingerprint density at radius 2 is 2.31 bits per heavy atom. The highest BCUT2D eigenvalue weighted by Gasteiger charge is 2.00. The zero-order valence-corrected chi connectivity index (χ0v) is 9.00. The number of methoxy groups -OCH3 is 1. The molecule has 0 radical (unpaired) electrons. The van der Waals surface area contributed by atoms with Gasteiger partial charge in [0.1, 0.15) is 12.0 Å². The Balaban J connectivity index is 2.79. The lowest BCUT2D eigenvalue weighted by molar-refractivity contribution is -0.107. The summed E-state index contributed by atoms with van der Waals surface area (Å²) in [4.78, 5) is 10.2. The molecule has 2 nitrogen and oxygen atoms in total. The van der Waals surface area contributed by atoms with E-state index in [9.17, 15) is 4.79 Å². The minimum atomic E-state index is 0.560. The van der Waals surface area contributed by atoms with Crippen molar-refractivity contribution in [3.05, 3.63) is 28.2 Å². The first-order valence-corrected chi connectivity index (χ1v) is 4.83. The predicted molar refractivity (Wildman–Crippen MR) is 55.1 cm³/mol. The van der Waals surface area contributed by atoms with Crippen LogP contribution in [-0.2, 0) is 11.2 Å². The second kappa shape index (κ2) is 5.02. The summed E-state index contributed by atoms with van der Waals surface area (Å²) < 4.78 is 6.07. The van der Waals surface area contributed by atoms with Gasteiger partial charge in [-0.25, -0.2) is 0 Å². The van der Waals surface area contributed by atoms with E-state index >= 15 is 0 Å². The van der Waals surface area contributed by atoms with Gasteiger partial charge in [-0.05, 0) is 40.0 Å². The molecule has 1 aromatic carbocycles. The lowest BCUT2D eigenvalue weighted by Gasteiger charge is -2.05. The largest absolute Gasteiger partial charge is 0.496 e. The van der Waals surface area contributed by atoms with Crippen molar-refractivity contribution in [1.29, 1.82) is 0 Å². The third-order valence-electron chi connectivity index (χ3n) is 1.77. The fourth-order valence-electron chi connectivity index (χ4n) is 1.09. The molecule has 0 heterocycles. The summed E-state index contributed by atoms with van der Waals surface area (Å²) in [6.07, 6.45) is 2.26. The van der Waals surface area contributed by atoms with Gasteiger partial charge in [-0.15, -0.1) is 0 Å². The number of hydrogen-bond acceptors (Lipinski definition) is 2. The normalized spacial score (nSPS) is 9.69. The van der Waals surface area contributed by atoms with Crippen LogP contribution in [0.3, 0.4) is 0 Å². The van der Waals surface area contributed by atoms with E-state index in [-0.39, 0.29) is 0 Å². The van der Waals surface area contributed by atoms with Crippen molar-refractivity contribution < 1.29 is 9.53 Å². The summed E-state index contributed by atoms with van der Waals surface area (Å²) in [6, 6.07) is 5.85. The molecule has 0 aromatic heterocycles. The number of aldehydes is 1. The molecule has 0 aliphatic carbocycles. The van der Waals surface area contributed by atoms with Crippen molar-refractivity contribution in [3.63, 3.8) is 0 Å². The lowest BCUT2D eigenvalue weighted by Crippen LogP contribution is -1.89. The Labute approximate surface area is 86.0 Å². The van der Waals surface area contributed by atoms with Gasteiger partial charge in [0.05, 0.1) is 11.6 Å². The van der Waals surface area contributed by atoms with Gasteiger partial charge in [0, 0.05) is 6.42 Å². The van der Waals surface area contributed by atoms with Gasteiger partial charge in [-0.2, -0.15) is 0 Å². The van der Waals surface area contributed by atoms with Crippen molar-refractivity contribution in [3.8, 4) is 5.75 Å². The Hall–Kier alpha value is -0.830. The molecule has 0 saturated heterocycles. The van der Waals surface area contributed by atoms with Gasteiger partial charge < -0.3 is 9.53 Å². The second-order valence-electron chi connectivity index (χ2n) is 2.67. The molecular weight excluding hydrogens is 232 g/mol. The molecule has 13 heavy (non-hydrogen) atoms. The van der Waals surface area contributed by atoms with Crippen LogP contribution in [0, 0.1) is 0 Å². The van der Waals surface area contributed by atoms with Gasteiger partial charge in [-0.1, -0.05) is 6.07 Å². The van der Waals surface area contributed by atoms with Crippen LogP contribution in [0.25, 0.3) is 0 Å². The molecule has 70 valence electrons. The summed E-state index contributed by atoms with van der Waals surface area (Å²) >= 11 is 3.36. The van der Waals surface area contributed by atoms with E-state index in [1.807, 2.05) is 18.2 Å². The van der Waals surface area contributed by atoms with Gasteiger partial charge >= 0.3 is 0 Å². The number of ether oxygens (including phenoxy) is 1. The first-order valence-electron chi connectivity index (χ1n) is 4.04. The van der Waals surface area contributed by atoms with Crippen LogP contribution >= 0.6 is 15.9 Å². The van der Waals surface area contributed by atoms with Crippen molar-refractivity contribution in [1.82, 2.24) is 0 Å². The summed E-state index contributed by atoms with van der Waals surface area (Å²) in [6.45, 7) is 0. The number of halogens is 1. The Kier molecular flexibility index (Phi) is 3.96. The molecule has 0 spiro atoms. The highest BCUT2D eigenvalue weighted by atomic mass is 79.9. The number of rotatable bonds is 4. The first-order chi connectivity index (χ1) is 6.27. The molecule has 0 aliphatic heterocycles. The molecule has 1 aromatic rings. The van der Waals surface area contributed by atoms with E-state index in [2.05, 4.69) is 15.9 Å². The zero-order valence-electron chi connectivity index (χ0n) is 7.42. The molecule has 0 atom stereocenters. The highest BCUT2D eigenvalue weighted by Crippen LogP contribution is 2.25. The summed E-state index contributed by atoms with van der Waals surface area (Å²) in [5, 5.41) is 0. The SMILES string of the molecule is COc1cc(CCC=O)ccc1Br.